The lowest BCUT2D eigenvalue weighted by Gasteiger charge is -2.03. The molecule has 1 heterocycles. The van der Waals surface area contributed by atoms with Gasteiger partial charge in [-0.25, -0.2) is 9.59 Å². The van der Waals surface area contributed by atoms with Gasteiger partial charge in [-0.15, -0.1) is 0 Å². The van der Waals surface area contributed by atoms with E-state index in [0.29, 0.717) is 25.2 Å². The summed E-state index contributed by atoms with van der Waals surface area (Å²) >= 11 is 0. The number of aromatic nitrogens is 2. The third kappa shape index (κ3) is 3.16. The van der Waals surface area contributed by atoms with Gasteiger partial charge in [-0.05, 0) is 31.9 Å². The van der Waals surface area contributed by atoms with Gasteiger partial charge in [0.25, 0.3) is 0 Å². The number of fused-ring (bicyclic) bond motifs is 1. The minimum Gasteiger partial charge on any atom is -0.465 e. The molecular formula is C15H19N3O3. The van der Waals surface area contributed by atoms with Crippen LogP contribution in [0.4, 0.5) is 4.79 Å². The Morgan fingerprint density at radius 1 is 1.29 bits per heavy atom. The average molecular weight is 289 g/mol. The molecule has 0 aliphatic rings. The number of carbonyl (C=O) groups is 1. The Labute approximate surface area is 122 Å². The highest BCUT2D eigenvalue weighted by atomic mass is 16.4. The number of carboxylic acid groups (broad SMARTS) is 1. The third-order valence-corrected chi connectivity index (χ3v) is 3.30. The second kappa shape index (κ2) is 6.30. The van der Waals surface area contributed by atoms with E-state index < -0.39 is 6.09 Å². The Hall–Kier alpha value is -2.50. The fourth-order valence-corrected chi connectivity index (χ4v) is 2.38. The maximum atomic E-state index is 12.5. The molecule has 1 aromatic heterocycles. The molecule has 0 saturated heterocycles. The zero-order valence-corrected chi connectivity index (χ0v) is 12.0. The summed E-state index contributed by atoms with van der Waals surface area (Å²) in [4.78, 5) is 22.8. The molecule has 2 rings (SSSR count). The molecule has 0 atom stereocenters. The first-order valence-electron chi connectivity index (χ1n) is 6.85. The lowest BCUT2D eigenvalue weighted by Crippen LogP contribution is -2.25. The lowest BCUT2D eigenvalue weighted by atomic mass is 10.3. The smallest absolute Gasteiger partial charge is 0.404 e. The summed E-state index contributed by atoms with van der Waals surface area (Å²) in [5.74, 6) is 0. The van der Waals surface area contributed by atoms with E-state index in [1.165, 1.54) is 0 Å². The molecule has 21 heavy (non-hydrogen) atoms. The van der Waals surface area contributed by atoms with Crippen LogP contribution in [0, 0.1) is 0 Å². The van der Waals surface area contributed by atoms with Gasteiger partial charge >= 0.3 is 11.8 Å². The summed E-state index contributed by atoms with van der Waals surface area (Å²) in [6.07, 6.45) is 0.390. The van der Waals surface area contributed by atoms with Gasteiger partial charge in [-0.1, -0.05) is 18.7 Å². The summed E-state index contributed by atoms with van der Waals surface area (Å²) in [6.45, 7) is 6.60. The zero-order chi connectivity index (χ0) is 15.4. The molecule has 0 spiro atoms. The third-order valence-electron chi connectivity index (χ3n) is 3.30. The summed E-state index contributed by atoms with van der Waals surface area (Å²) in [6, 6.07) is 7.59. The molecule has 0 radical (unpaired) electrons. The Bertz CT molecular complexity index is 727. The van der Waals surface area contributed by atoms with E-state index in [1.54, 1.807) is 16.1 Å². The van der Waals surface area contributed by atoms with Crippen molar-refractivity contribution in [3.63, 3.8) is 0 Å². The number of nitrogens with one attached hydrogen (secondary N) is 1. The second-order valence-corrected chi connectivity index (χ2v) is 4.93. The van der Waals surface area contributed by atoms with Crippen molar-refractivity contribution >= 4 is 22.8 Å². The standard InChI is InChI=1S/C15H19N3O3/c1-11(2)18-13-8-4-3-7-12(13)17(15(18)21)10-6-5-9-16-14(19)20/h3-4,7-8,16H,1,5-6,9-10H2,2H3,(H,19,20). The number of allylic oxidation sites excluding steroid dienone is 1. The van der Waals surface area contributed by atoms with E-state index in [4.69, 9.17) is 5.11 Å². The fourth-order valence-electron chi connectivity index (χ4n) is 2.38. The monoisotopic (exact) mass is 289 g/mol. The van der Waals surface area contributed by atoms with Gasteiger partial charge in [0.15, 0.2) is 0 Å². The molecule has 2 N–H and O–H groups in total. The summed E-state index contributed by atoms with van der Waals surface area (Å²) in [5, 5.41) is 10.8. The molecule has 6 nitrogen and oxygen atoms in total. The van der Waals surface area contributed by atoms with Gasteiger partial charge in [0.1, 0.15) is 0 Å². The number of rotatable bonds is 6. The largest absolute Gasteiger partial charge is 0.465 e. The van der Waals surface area contributed by atoms with E-state index in [1.807, 2.05) is 24.3 Å². The van der Waals surface area contributed by atoms with Crippen molar-refractivity contribution < 1.29 is 9.90 Å². The molecular weight excluding hydrogens is 270 g/mol. The number of benzene rings is 1. The number of hydrogen-bond donors (Lipinski definition) is 2. The predicted octanol–water partition coefficient (Wildman–Crippen LogP) is 2.34. The van der Waals surface area contributed by atoms with Crippen LogP contribution >= 0.6 is 0 Å². The highest BCUT2D eigenvalue weighted by Gasteiger charge is 2.12. The fraction of sp³-hybridized carbons (Fsp3) is 0.333. The van der Waals surface area contributed by atoms with E-state index in [-0.39, 0.29) is 5.69 Å². The van der Waals surface area contributed by atoms with Crippen LogP contribution in [0.2, 0.25) is 0 Å². The SMILES string of the molecule is C=C(C)n1c(=O)n(CCCCNC(=O)O)c2ccccc21. The summed E-state index contributed by atoms with van der Waals surface area (Å²) < 4.78 is 3.32. The number of hydrogen-bond acceptors (Lipinski definition) is 2. The number of amides is 1. The predicted molar refractivity (Wildman–Crippen MR) is 82.5 cm³/mol. The van der Waals surface area contributed by atoms with Gasteiger partial charge in [0.05, 0.1) is 11.0 Å². The van der Waals surface area contributed by atoms with Crippen molar-refractivity contribution in [2.45, 2.75) is 26.3 Å². The molecule has 112 valence electrons. The van der Waals surface area contributed by atoms with E-state index >= 15 is 0 Å². The van der Waals surface area contributed by atoms with Crippen molar-refractivity contribution in [3.8, 4) is 0 Å². The topological polar surface area (TPSA) is 76.3 Å². The Kier molecular flexibility index (Phi) is 4.47. The Morgan fingerprint density at radius 2 is 1.95 bits per heavy atom. The van der Waals surface area contributed by atoms with Gasteiger partial charge in [-0.2, -0.15) is 0 Å². The molecule has 0 unspecified atom stereocenters. The molecule has 2 aromatic rings. The quantitative estimate of drug-likeness (QED) is 0.801. The first-order valence-corrected chi connectivity index (χ1v) is 6.85. The zero-order valence-electron chi connectivity index (χ0n) is 12.0. The van der Waals surface area contributed by atoms with Gasteiger partial charge in [-0.3, -0.25) is 9.13 Å². The maximum absolute atomic E-state index is 12.5. The molecule has 0 bridgehead atoms. The van der Waals surface area contributed by atoms with Crippen LogP contribution in [-0.2, 0) is 6.54 Å². The van der Waals surface area contributed by atoms with Crippen molar-refractivity contribution in [2.75, 3.05) is 6.54 Å². The molecule has 0 fully saturated rings. The number of nitrogens with zero attached hydrogens (tertiary/aromatic N) is 2. The normalized spacial score (nSPS) is 10.7. The van der Waals surface area contributed by atoms with Crippen LogP contribution < -0.4 is 11.0 Å². The van der Waals surface area contributed by atoms with Crippen molar-refractivity contribution in [2.24, 2.45) is 0 Å². The summed E-state index contributed by atoms with van der Waals surface area (Å²) in [5.41, 5.74) is 2.30. The summed E-state index contributed by atoms with van der Waals surface area (Å²) in [7, 11) is 0. The average Bonchev–Trinajstić information content (AvgIpc) is 2.70. The Morgan fingerprint density at radius 3 is 2.57 bits per heavy atom. The van der Waals surface area contributed by atoms with Gasteiger partial charge in [0.2, 0.25) is 0 Å². The van der Waals surface area contributed by atoms with E-state index in [2.05, 4.69) is 11.9 Å². The van der Waals surface area contributed by atoms with Crippen LogP contribution in [-0.4, -0.2) is 26.9 Å². The first-order chi connectivity index (χ1) is 10.0. The molecule has 1 amide bonds. The molecule has 6 heteroatoms. The highest BCUT2D eigenvalue weighted by molar-refractivity contribution is 5.79. The van der Waals surface area contributed by atoms with E-state index in [9.17, 15) is 9.59 Å². The van der Waals surface area contributed by atoms with Crippen LogP contribution in [0.3, 0.4) is 0 Å². The second-order valence-electron chi connectivity index (χ2n) is 4.93. The highest BCUT2D eigenvalue weighted by Crippen LogP contribution is 2.16. The van der Waals surface area contributed by atoms with Crippen molar-refractivity contribution in [1.82, 2.24) is 14.5 Å². The van der Waals surface area contributed by atoms with Crippen molar-refractivity contribution in [1.29, 1.82) is 0 Å². The van der Waals surface area contributed by atoms with Gasteiger partial charge in [0, 0.05) is 18.8 Å². The van der Waals surface area contributed by atoms with Crippen molar-refractivity contribution in [3.05, 3.63) is 41.3 Å². The van der Waals surface area contributed by atoms with Crippen LogP contribution in [0.15, 0.2) is 35.6 Å². The van der Waals surface area contributed by atoms with E-state index in [0.717, 1.165) is 17.5 Å². The Balaban J connectivity index is 2.20. The molecule has 0 saturated carbocycles. The van der Waals surface area contributed by atoms with Crippen LogP contribution in [0.5, 0.6) is 0 Å². The minimum atomic E-state index is -1.02. The number of unbranched alkanes of at least 4 members (excludes halogenated alkanes) is 1. The number of para-hydroxylation sites is 2. The number of aryl methyl sites for hydroxylation is 1. The molecule has 0 aliphatic carbocycles. The first kappa shape index (κ1) is 14.9. The lowest BCUT2D eigenvalue weighted by molar-refractivity contribution is 0.194. The minimum absolute atomic E-state index is 0.102. The molecule has 1 aromatic carbocycles. The maximum Gasteiger partial charge on any atom is 0.404 e. The van der Waals surface area contributed by atoms with Crippen LogP contribution in [0.1, 0.15) is 19.8 Å². The van der Waals surface area contributed by atoms with Gasteiger partial charge < -0.3 is 10.4 Å². The van der Waals surface area contributed by atoms with Crippen LogP contribution in [0.25, 0.3) is 16.7 Å². The number of imidazole rings is 1. The molecule has 0 aliphatic heterocycles.